The van der Waals surface area contributed by atoms with Gasteiger partial charge in [-0.25, -0.2) is 4.85 Å². The molecule has 3 aromatic heterocycles. The fourth-order valence-electron chi connectivity index (χ4n) is 7.34. The molecule has 0 atom stereocenters. The number of rotatable bonds is 3. The molecular formula is C43H24N2O2. The van der Waals surface area contributed by atoms with Crippen LogP contribution in [0.2, 0.25) is 0 Å². The Kier molecular flexibility index (Phi) is 5.32. The number of hydrogen-bond donors (Lipinski definition) is 0. The van der Waals surface area contributed by atoms with Gasteiger partial charge in [0.05, 0.1) is 23.3 Å². The largest absolute Gasteiger partial charge is 0.465 e. The third-order valence-corrected chi connectivity index (χ3v) is 9.41. The molecule has 10 rings (SSSR count). The zero-order chi connectivity index (χ0) is 31.1. The van der Waals surface area contributed by atoms with Crippen molar-refractivity contribution in [3.63, 3.8) is 0 Å². The van der Waals surface area contributed by atoms with Gasteiger partial charge in [0.25, 0.3) is 0 Å². The van der Waals surface area contributed by atoms with Crippen LogP contribution >= 0.6 is 0 Å². The molecule has 0 radical (unpaired) electrons. The Balaban J connectivity index is 1.26. The SMILES string of the molecule is [C-]#[N+]c1cc(-c2cccc3oc4ccccc4c23)cc2c1oc1c(-n3c4ccccc4c4ccc(-c5ccccc5)cc43)cccc12. The number of furan rings is 2. The van der Waals surface area contributed by atoms with Crippen molar-refractivity contribution < 1.29 is 8.83 Å². The molecule has 3 heterocycles. The van der Waals surface area contributed by atoms with Gasteiger partial charge in [0.15, 0.2) is 5.58 Å². The maximum Gasteiger partial charge on any atom is 0.230 e. The second-order valence-corrected chi connectivity index (χ2v) is 12.0. The second kappa shape index (κ2) is 9.71. The van der Waals surface area contributed by atoms with E-state index >= 15 is 0 Å². The zero-order valence-corrected chi connectivity index (χ0v) is 25.1. The second-order valence-electron chi connectivity index (χ2n) is 12.0. The summed E-state index contributed by atoms with van der Waals surface area (Å²) in [6, 6.07) is 50.3. The summed E-state index contributed by atoms with van der Waals surface area (Å²) in [6.07, 6.45) is 0. The molecule has 47 heavy (non-hydrogen) atoms. The van der Waals surface area contributed by atoms with Crippen molar-refractivity contribution in [1.82, 2.24) is 4.57 Å². The zero-order valence-electron chi connectivity index (χ0n) is 25.1. The Morgan fingerprint density at radius 1 is 0.468 bits per heavy atom. The smallest absolute Gasteiger partial charge is 0.230 e. The topological polar surface area (TPSA) is 35.6 Å². The highest BCUT2D eigenvalue weighted by atomic mass is 16.3. The highest BCUT2D eigenvalue weighted by Gasteiger charge is 2.21. The van der Waals surface area contributed by atoms with E-state index in [2.05, 4.69) is 113 Å². The molecule has 0 bridgehead atoms. The molecule has 0 spiro atoms. The summed E-state index contributed by atoms with van der Waals surface area (Å²) in [6.45, 7) is 8.18. The first kappa shape index (κ1) is 25.7. The first-order chi connectivity index (χ1) is 23.3. The van der Waals surface area contributed by atoms with Gasteiger partial charge in [0.2, 0.25) is 5.69 Å². The summed E-state index contributed by atoms with van der Waals surface area (Å²) in [5.74, 6) is 0. The minimum atomic E-state index is 0.484. The summed E-state index contributed by atoms with van der Waals surface area (Å²) < 4.78 is 15.2. The van der Waals surface area contributed by atoms with Crippen molar-refractivity contribution in [1.29, 1.82) is 0 Å². The Hall–Kier alpha value is -6.57. The highest BCUT2D eigenvalue weighted by Crippen LogP contribution is 2.45. The van der Waals surface area contributed by atoms with E-state index in [-0.39, 0.29) is 0 Å². The first-order valence-electron chi connectivity index (χ1n) is 15.6. The van der Waals surface area contributed by atoms with Crippen molar-refractivity contribution in [2.75, 3.05) is 0 Å². The molecular weight excluding hydrogens is 576 g/mol. The Labute approximate surface area is 269 Å². The number of aromatic nitrogens is 1. The van der Waals surface area contributed by atoms with Crippen LogP contribution < -0.4 is 0 Å². The van der Waals surface area contributed by atoms with Crippen LogP contribution in [0.15, 0.2) is 154 Å². The van der Waals surface area contributed by atoms with Crippen LogP contribution in [0.3, 0.4) is 0 Å². The predicted molar refractivity (Wildman–Crippen MR) is 192 cm³/mol. The fraction of sp³-hybridized carbons (Fsp3) is 0. The van der Waals surface area contributed by atoms with Crippen LogP contribution in [0, 0.1) is 6.57 Å². The minimum Gasteiger partial charge on any atom is -0.465 e. The van der Waals surface area contributed by atoms with E-state index in [1.54, 1.807) is 0 Å². The molecule has 0 amide bonds. The van der Waals surface area contributed by atoms with Crippen molar-refractivity contribution in [2.24, 2.45) is 0 Å². The fourth-order valence-corrected chi connectivity index (χ4v) is 7.34. The molecule has 0 fully saturated rings. The minimum absolute atomic E-state index is 0.484. The third-order valence-electron chi connectivity index (χ3n) is 9.41. The molecule has 0 unspecified atom stereocenters. The number of fused-ring (bicyclic) bond motifs is 9. The number of benzene rings is 7. The summed E-state index contributed by atoms with van der Waals surface area (Å²) in [7, 11) is 0. The lowest BCUT2D eigenvalue weighted by Crippen LogP contribution is -1.94. The molecule has 0 N–H and O–H groups in total. The van der Waals surface area contributed by atoms with Crippen molar-refractivity contribution in [2.45, 2.75) is 0 Å². The van der Waals surface area contributed by atoms with Crippen LogP contribution in [-0.4, -0.2) is 4.57 Å². The van der Waals surface area contributed by atoms with Gasteiger partial charge in [-0.1, -0.05) is 103 Å². The molecule has 4 heteroatoms. The lowest BCUT2D eigenvalue weighted by molar-refractivity contribution is 0.668. The average molecular weight is 601 g/mol. The van der Waals surface area contributed by atoms with Gasteiger partial charge >= 0.3 is 0 Å². The van der Waals surface area contributed by atoms with Gasteiger partial charge in [-0.3, -0.25) is 0 Å². The predicted octanol–water partition coefficient (Wildman–Crippen LogP) is 12.5. The standard InChI is InChI=1S/C43H24N2O2/c1-44-35-24-28(29-15-10-20-40-41(29)33-14-6-8-19-39(33)46-40)23-34-32-16-9-18-37(43(32)47-42(34)35)45-36-17-7-5-13-30(36)31-22-21-27(25-38(31)45)26-11-3-2-4-12-26/h2-25H. The van der Waals surface area contributed by atoms with E-state index < -0.39 is 0 Å². The Morgan fingerprint density at radius 2 is 1.21 bits per heavy atom. The van der Waals surface area contributed by atoms with Crippen molar-refractivity contribution in [3.8, 4) is 27.9 Å². The monoisotopic (exact) mass is 600 g/mol. The van der Waals surface area contributed by atoms with Gasteiger partial charge in [-0.05, 0) is 64.7 Å². The van der Waals surface area contributed by atoms with E-state index in [1.165, 1.54) is 16.3 Å². The van der Waals surface area contributed by atoms with Gasteiger partial charge in [0.1, 0.15) is 16.7 Å². The van der Waals surface area contributed by atoms with Crippen LogP contribution in [0.1, 0.15) is 0 Å². The molecule has 0 aliphatic rings. The van der Waals surface area contributed by atoms with Crippen LogP contribution in [-0.2, 0) is 0 Å². The van der Waals surface area contributed by atoms with Gasteiger partial charge < -0.3 is 13.4 Å². The molecule has 10 aromatic rings. The van der Waals surface area contributed by atoms with Gasteiger partial charge in [-0.2, -0.15) is 0 Å². The van der Waals surface area contributed by atoms with Gasteiger partial charge in [0, 0.05) is 32.3 Å². The Morgan fingerprint density at radius 3 is 2.11 bits per heavy atom. The van der Waals surface area contributed by atoms with E-state index in [0.717, 1.165) is 71.7 Å². The third kappa shape index (κ3) is 3.69. The first-order valence-corrected chi connectivity index (χ1v) is 15.6. The van der Waals surface area contributed by atoms with Crippen molar-refractivity contribution in [3.05, 3.63) is 157 Å². The molecule has 0 saturated heterocycles. The molecule has 4 nitrogen and oxygen atoms in total. The van der Waals surface area contributed by atoms with Crippen LogP contribution in [0.4, 0.5) is 5.69 Å². The van der Waals surface area contributed by atoms with Crippen LogP contribution in [0.25, 0.3) is 98.5 Å². The average Bonchev–Trinajstić information content (AvgIpc) is 3.81. The molecule has 7 aromatic carbocycles. The maximum absolute atomic E-state index is 8.18. The number of nitrogens with zero attached hydrogens (tertiary/aromatic N) is 2. The number of hydrogen-bond acceptors (Lipinski definition) is 2. The lowest BCUT2D eigenvalue weighted by Gasteiger charge is -2.10. The van der Waals surface area contributed by atoms with Crippen molar-refractivity contribution >= 4 is 71.4 Å². The summed E-state index contributed by atoms with van der Waals surface area (Å²) in [5, 5.41) is 6.35. The summed E-state index contributed by atoms with van der Waals surface area (Å²) in [5.41, 5.74) is 11.0. The lowest BCUT2D eigenvalue weighted by atomic mass is 9.97. The molecule has 218 valence electrons. The van der Waals surface area contributed by atoms with E-state index in [0.29, 0.717) is 11.3 Å². The van der Waals surface area contributed by atoms with E-state index in [4.69, 9.17) is 15.4 Å². The molecule has 0 aliphatic heterocycles. The van der Waals surface area contributed by atoms with E-state index in [1.807, 2.05) is 42.5 Å². The normalized spacial score (nSPS) is 11.8. The summed E-state index contributed by atoms with van der Waals surface area (Å²) in [4.78, 5) is 3.97. The molecule has 0 aliphatic carbocycles. The Bertz CT molecular complexity index is 2920. The molecule has 0 saturated carbocycles. The van der Waals surface area contributed by atoms with Crippen LogP contribution in [0.5, 0.6) is 0 Å². The highest BCUT2D eigenvalue weighted by molar-refractivity contribution is 6.17. The quantitative estimate of drug-likeness (QED) is 0.189. The van der Waals surface area contributed by atoms with E-state index in [9.17, 15) is 0 Å². The van der Waals surface area contributed by atoms with Gasteiger partial charge in [-0.15, -0.1) is 0 Å². The maximum atomic E-state index is 8.18. The summed E-state index contributed by atoms with van der Waals surface area (Å²) >= 11 is 0. The number of para-hydroxylation sites is 3.